The van der Waals surface area contributed by atoms with Gasteiger partial charge in [-0.3, -0.25) is 9.59 Å². The Kier molecular flexibility index (Phi) is 5.34. The minimum Gasteiger partial charge on any atom is -0.497 e. The van der Waals surface area contributed by atoms with Crippen LogP contribution in [0.1, 0.15) is 41.2 Å². The van der Waals surface area contributed by atoms with Gasteiger partial charge in [-0.1, -0.05) is 18.2 Å². The van der Waals surface area contributed by atoms with Crippen molar-refractivity contribution in [3.63, 3.8) is 0 Å². The molecule has 1 amide bonds. The van der Waals surface area contributed by atoms with Gasteiger partial charge in [0.1, 0.15) is 28.9 Å². The quantitative estimate of drug-likeness (QED) is 0.613. The molecular formula is C25H24N4O4. The first kappa shape index (κ1) is 20.8. The number of amides is 1. The Hall–Kier alpha value is -4.07. The molecule has 1 atom stereocenters. The summed E-state index contributed by atoms with van der Waals surface area (Å²) < 4.78 is 12.3. The van der Waals surface area contributed by atoms with Gasteiger partial charge in [-0.05, 0) is 42.7 Å². The van der Waals surface area contributed by atoms with Gasteiger partial charge in [0.2, 0.25) is 0 Å². The number of hydrogen-bond donors (Lipinski definition) is 2. The Balaban J connectivity index is 1.54. The first-order chi connectivity index (χ1) is 16.1. The van der Waals surface area contributed by atoms with Crippen LogP contribution in [0.4, 0.5) is 11.5 Å². The van der Waals surface area contributed by atoms with Crippen LogP contribution < -0.4 is 20.1 Å². The fourth-order valence-electron chi connectivity index (χ4n) is 4.42. The van der Waals surface area contributed by atoms with Crippen molar-refractivity contribution in [3.05, 3.63) is 77.1 Å². The number of aromatic nitrogens is 2. The second kappa shape index (κ2) is 8.46. The van der Waals surface area contributed by atoms with Gasteiger partial charge in [-0.2, -0.15) is 5.10 Å². The Morgan fingerprint density at radius 1 is 1.09 bits per heavy atom. The molecule has 0 fully saturated rings. The van der Waals surface area contributed by atoms with Crippen LogP contribution in [0.2, 0.25) is 0 Å². The van der Waals surface area contributed by atoms with Crippen LogP contribution in [0.3, 0.4) is 0 Å². The molecular weight excluding hydrogens is 420 g/mol. The number of carbonyl (C=O) groups excluding carboxylic acids is 2. The van der Waals surface area contributed by atoms with Crippen LogP contribution in [0.5, 0.6) is 11.5 Å². The number of ketones is 1. The summed E-state index contributed by atoms with van der Waals surface area (Å²) in [6, 6.07) is 14.4. The number of allylic oxidation sites excluding steroid dienone is 2. The number of hydrogen-bond acceptors (Lipinski definition) is 6. The van der Waals surface area contributed by atoms with Crippen molar-refractivity contribution in [3.8, 4) is 11.5 Å². The van der Waals surface area contributed by atoms with Crippen molar-refractivity contribution in [2.75, 3.05) is 24.9 Å². The van der Waals surface area contributed by atoms with E-state index in [2.05, 4.69) is 15.7 Å². The molecule has 3 aromatic rings. The van der Waals surface area contributed by atoms with E-state index in [0.717, 1.165) is 29.9 Å². The summed E-state index contributed by atoms with van der Waals surface area (Å²) >= 11 is 0. The highest BCUT2D eigenvalue weighted by atomic mass is 16.5. The van der Waals surface area contributed by atoms with Crippen LogP contribution in [-0.2, 0) is 4.79 Å². The van der Waals surface area contributed by atoms with Crippen molar-refractivity contribution < 1.29 is 19.1 Å². The fraction of sp³-hybridized carbons (Fsp3) is 0.240. The summed E-state index contributed by atoms with van der Waals surface area (Å²) in [5.41, 5.74) is 3.50. The van der Waals surface area contributed by atoms with E-state index in [1.807, 2.05) is 36.4 Å². The largest absolute Gasteiger partial charge is 0.497 e. The number of carbonyl (C=O) groups is 2. The molecule has 5 rings (SSSR count). The van der Waals surface area contributed by atoms with Gasteiger partial charge in [0.25, 0.3) is 5.91 Å². The van der Waals surface area contributed by atoms with Crippen molar-refractivity contribution in [2.24, 2.45) is 0 Å². The Morgan fingerprint density at radius 3 is 2.64 bits per heavy atom. The lowest BCUT2D eigenvalue weighted by atomic mass is 9.85. The molecule has 2 aliphatic rings. The molecule has 8 heteroatoms. The molecule has 8 nitrogen and oxygen atoms in total. The van der Waals surface area contributed by atoms with E-state index in [9.17, 15) is 9.59 Å². The number of rotatable bonds is 5. The minimum absolute atomic E-state index is 0.105. The predicted octanol–water partition coefficient (Wildman–Crippen LogP) is 4.17. The summed E-state index contributed by atoms with van der Waals surface area (Å²) in [7, 11) is 3.19. The van der Waals surface area contributed by atoms with Crippen LogP contribution in [0.15, 0.2) is 66.0 Å². The Morgan fingerprint density at radius 2 is 1.88 bits per heavy atom. The highest BCUT2D eigenvalue weighted by Crippen LogP contribution is 2.41. The molecule has 2 heterocycles. The lowest BCUT2D eigenvalue weighted by Crippen LogP contribution is -2.32. The molecule has 0 saturated carbocycles. The van der Waals surface area contributed by atoms with Gasteiger partial charge >= 0.3 is 0 Å². The van der Waals surface area contributed by atoms with Crippen LogP contribution in [0.25, 0.3) is 0 Å². The van der Waals surface area contributed by atoms with Gasteiger partial charge in [-0.25, -0.2) is 4.68 Å². The van der Waals surface area contributed by atoms with E-state index in [4.69, 9.17) is 9.47 Å². The Labute approximate surface area is 191 Å². The number of methoxy groups -OCH3 is 2. The summed E-state index contributed by atoms with van der Waals surface area (Å²) in [5.74, 6) is 1.77. The van der Waals surface area contributed by atoms with Crippen molar-refractivity contribution in [1.82, 2.24) is 9.78 Å². The number of ether oxygens (including phenoxy) is 2. The topological polar surface area (TPSA) is 94.5 Å². The third-order valence-corrected chi connectivity index (χ3v) is 6.04. The average Bonchev–Trinajstić information content (AvgIpc) is 3.27. The zero-order chi connectivity index (χ0) is 22.9. The summed E-state index contributed by atoms with van der Waals surface area (Å²) in [6.45, 7) is 0. The van der Waals surface area contributed by atoms with Gasteiger partial charge < -0.3 is 20.1 Å². The maximum Gasteiger partial charge on any atom is 0.261 e. The lowest BCUT2D eigenvalue weighted by molar-refractivity contribution is -0.116. The highest BCUT2D eigenvalue weighted by molar-refractivity contribution is 6.08. The number of nitrogens with zero attached hydrogens (tertiary/aromatic N) is 2. The lowest BCUT2D eigenvalue weighted by Gasteiger charge is -2.33. The molecule has 0 radical (unpaired) electrons. The third-order valence-electron chi connectivity index (χ3n) is 6.04. The first-order valence-corrected chi connectivity index (χ1v) is 10.8. The maximum absolute atomic E-state index is 13.2. The van der Waals surface area contributed by atoms with Crippen LogP contribution in [0, 0.1) is 0 Å². The van der Waals surface area contributed by atoms with E-state index >= 15 is 0 Å². The number of Topliss-reactive ketones (excluding diaryl/α,β-unsaturated/α-hetero) is 1. The maximum atomic E-state index is 13.2. The van der Waals surface area contributed by atoms with Crippen molar-refractivity contribution in [2.45, 2.75) is 25.3 Å². The minimum atomic E-state index is -0.409. The van der Waals surface area contributed by atoms with Gasteiger partial charge in [0, 0.05) is 29.4 Å². The van der Waals surface area contributed by atoms with Crippen LogP contribution in [-0.4, -0.2) is 35.7 Å². The second-order valence-electron chi connectivity index (χ2n) is 8.01. The standard InChI is InChI=1S/C25H24N4O4/c1-32-17-11-9-15(10-12-17)23-22-20(7-4-8-21(22)30)28-24-19(14-26-29(23)24)25(31)27-16-5-3-6-18(13-16)33-2/h3,5-6,9-14,23,28H,4,7-8H2,1-2H3,(H,27,31). The molecule has 2 aromatic carbocycles. The number of anilines is 2. The van der Waals surface area contributed by atoms with Gasteiger partial charge in [0.05, 0.1) is 20.4 Å². The summed E-state index contributed by atoms with van der Waals surface area (Å²) in [5, 5.41) is 10.8. The van der Waals surface area contributed by atoms with E-state index in [-0.39, 0.29) is 11.7 Å². The number of fused-ring (bicyclic) bond motifs is 1. The molecule has 0 saturated heterocycles. The van der Waals surface area contributed by atoms with E-state index < -0.39 is 6.04 Å². The molecule has 0 spiro atoms. The summed E-state index contributed by atoms with van der Waals surface area (Å²) in [6.07, 6.45) is 3.57. The molecule has 1 aliphatic heterocycles. The molecule has 33 heavy (non-hydrogen) atoms. The zero-order valence-electron chi connectivity index (χ0n) is 18.4. The SMILES string of the molecule is COc1ccc(C2C3=C(CCCC3=O)Nc3c(C(=O)Nc4cccc(OC)c4)cnn32)cc1. The van der Waals surface area contributed by atoms with Gasteiger partial charge in [0.15, 0.2) is 5.78 Å². The molecule has 1 aromatic heterocycles. The predicted molar refractivity (Wildman–Crippen MR) is 124 cm³/mol. The van der Waals surface area contributed by atoms with Crippen molar-refractivity contribution in [1.29, 1.82) is 0 Å². The first-order valence-electron chi connectivity index (χ1n) is 10.8. The van der Waals surface area contributed by atoms with Gasteiger partial charge in [-0.15, -0.1) is 0 Å². The average molecular weight is 444 g/mol. The summed E-state index contributed by atoms with van der Waals surface area (Å²) in [4.78, 5) is 26.1. The second-order valence-corrected chi connectivity index (χ2v) is 8.01. The molecule has 1 unspecified atom stereocenters. The normalized spacial score (nSPS) is 17.0. The van der Waals surface area contributed by atoms with E-state index in [1.165, 1.54) is 6.20 Å². The molecule has 1 aliphatic carbocycles. The van der Waals surface area contributed by atoms with Crippen molar-refractivity contribution >= 4 is 23.2 Å². The zero-order valence-corrected chi connectivity index (χ0v) is 18.4. The monoisotopic (exact) mass is 444 g/mol. The van der Waals surface area contributed by atoms with E-state index in [0.29, 0.717) is 34.8 Å². The smallest absolute Gasteiger partial charge is 0.261 e. The fourth-order valence-corrected chi connectivity index (χ4v) is 4.42. The van der Waals surface area contributed by atoms with E-state index in [1.54, 1.807) is 31.0 Å². The Bertz CT molecular complexity index is 1260. The number of benzene rings is 2. The molecule has 168 valence electrons. The highest BCUT2D eigenvalue weighted by Gasteiger charge is 2.37. The number of nitrogens with one attached hydrogen (secondary N) is 2. The molecule has 0 bridgehead atoms. The molecule has 2 N–H and O–H groups in total. The third kappa shape index (κ3) is 3.73. The van der Waals surface area contributed by atoms with Crippen LogP contribution >= 0.6 is 0 Å².